The van der Waals surface area contributed by atoms with E-state index in [1.54, 1.807) is 6.33 Å². The molecule has 0 saturated carbocycles. The maximum Gasteiger partial charge on any atom is 0.185 e. The van der Waals surface area contributed by atoms with Crippen LogP contribution in [0.25, 0.3) is 28.3 Å². The van der Waals surface area contributed by atoms with E-state index in [2.05, 4.69) is 78.3 Å². The van der Waals surface area contributed by atoms with Crippen LogP contribution < -0.4 is 4.90 Å². The van der Waals surface area contributed by atoms with Crippen LogP contribution in [0, 0.1) is 17.2 Å². The van der Waals surface area contributed by atoms with Crippen molar-refractivity contribution in [2.24, 2.45) is 5.92 Å². The molecule has 9 heteroatoms. The minimum atomic E-state index is -0.515. The number of fused-ring (bicyclic) bond motifs is 5. The molecule has 0 unspecified atom stereocenters. The van der Waals surface area contributed by atoms with E-state index in [1.807, 2.05) is 38.2 Å². The van der Waals surface area contributed by atoms with Gasteiger partial charge in [0.05, 0.1) is 34.5 Å². The van der Waals surface area contributed by atoms with Gasteiger partial charge in [0.15, 0.2) is 5.82 Å². The summed E-state index contributed by atoms with van der Waals surface area (Å²) in [7, 11) is 2.03. The Balaban J connectivity index is 1.28. The SMILES string of the molecule is CN(C[C@@H]1CCN(c2ccc3c(c2)Cn2cc(-c4ccc(C#N)cc4)cc2-c2nncn2-3)C1)[C@@](C)(S)CO. The first-order valence-electron chi connectivity index (χ1n) is 12.9. The molecule has 4 aromatic rings. The second-order valence-electron chi connectivity index (χ2n) is 10.6. The van der Waals surface area contributed by atoms with E-state index in [1.165, 1.54) is 11.3 Å². The maximum absolute atomic E-state index is 9.66. The third-order valence-electron chi connectivity index (χ3n) is 7.99. The zero-order valence-corrected chi connectivity index (χ0v) is 22.5. The van der Waals surface area contributed by atoms with E-state index >= 15 is 0 Å². The molecule has 0 radical (unpaired) electrons. The molecule has 0 spiro atoms. The standard InChI is InChI=1S/C29H31N7OS/c1-29(38,18-37)33(2)14-21-9-10-34(15-21)25-7-8-26-24(11-25)17-35-16-23(22-5-3-20(13-30)4-6-22)12-27(35)28-32-31-19-36(26)28/h3-8,11-12,16,19,21,37-38H,9-10,14-15,17-18H2,1-2H3/t21-,29-/m0/s1. The Hall–Kier alpha value is -3.58. The van der Waals surface area contributed by atoms with E-state index < -0.39 is 4.87 Å². The number of anilines is 1. The summed E-state index contributed by atoms with van der Waals surface area (Å²) in [6.07, 6.45) is 5.06. The fraction of sp³-hybridized carbons (Fsp3) is 0.345. The first kappa shape index (κ1) is 24.7. The van der Waals surface area contributed by atoms with Gasteiger partial charge >= 0.3 is 0 Å². The van der Waals surface area contributed by atoms with Crippen LogP contribution in [0.2, 0.25) is 0 Å². The van der Waals surface area contributed by atoms with Gasteiger partial charge in [-0.25, -0.2) is 0 Å². The highest BCUT2D eigenvalue weighted by Gasteiger charge is 2.30. The van der Waals surface area contributed by atoms with Crippen LogP contribution in [0.4, 0.5) is 5.69 Å². The lowest BCUT2D eigenvalue weighted by Crippen LogP contribution is -2.44. The molecule has 8 nitrogen and oxygen atoms in total. The lowest BCUT2D eigenvalue weighted by atomic mass is 10.1. The molecular formula is C29H31N7OS. The fourth-order valence-electron chi connectivity index (χ4n) is 5.54. The van der Waals surface area contributed by atoms with Crippen molar-refractivity contribution < 1.29 is 5.11 Å². The Bertz CT molecular complexity index is 1510. The van der Waals surface area contributed by atoms with Crippen LogP contribution in [0.3, 0.4) is 0 Å². The summed E-state index contributed by atoms with van der Waals surface area (Å²) in [6, 6.07) is 18.7. The number of thiol groups is 1. The third-order valence-corrected chi connectivity index (χ3v) is 8.47. The van der Waals surface area contributed by atoms with Gasteiger partial charge in [0, 0.05) is 43.6 Å². The van der Waals surface area contributed by atoms with Gasteiger partial charge in [-0.1, -0.05) is 12.1 Å². The van der Waals surface area contributed by atoms with Crippen molar-refractivity contribution in [1.29, 1.82) is 5.26 Å². The molecule has 6 rings (SSSR count). The van der Waals surface area contributed by atoms with Crippen molar-refractivity contribution in [2.45, 2.75) is 24.8 Å². The van der Waals surface area contributed by atoms with Crippen LogP contribution >= 0.6 is 12.6 Å². The highest BCUT2D eigenvalue weighted by atomic mass is 32.1. The predicted molar refractivity (Wildman–Crippen MR) is 151 cm³/mol. The summed E-state index contributed by atoms with van der Waals surface area (Å²) in [5, 5.41) is 27.5. The summed E-state index contributed by atoms with van der Waals surface area (Å²) in [6.45, 7) is 5.59. The summed E-state index contributed by atoms with van der Waals surface area (Å²) >= 11 is 4.62. The Morgan fingerprint density at radius 3 is 2.76 bits per heavy atom. The summed E-state index contributed by atoms with van der Waals surface area (Å²) < 4.78 is 4.32. The Labute approximate surface area is 228 Å². The Morgan fingerprint density at radius 1 is 1.18 bits per heavy atom. The lowest BCUT2D eigenvalue weighted by molar-refractivity contribution is 0.123. The molecule has 38 heavy (non-hydrogen) atoms. The molecule has 1 fully saturated rings. The second-order valence-corrected chi connectivity index (χ2v) is 11.6. The van der Waals surface area contributed by atoms with Gasteiger partial charge < -0.3 is 14.6 Å². The molecule has 0 amide bonds. The molecule has 2 aliphatic rings. The highest BCUT2D eigenvalue weighted by molar-refractivity contribution is 7.81. The van der Waals surface area contributed by atoms with Crippen LogP contribution in [0.1, 0.15) is 24.5 Å². The molecule has 4 heterocycles. The molecule has 194 valence electrons. The van der Waals surface area contributed by atoms with Gasteiger partial charge in [-0.3, -0.25) is 9.47 Å². The van der Waals surface area contributed by atoms with E-state index in [0.717, 1.165) is 60.9 Å². The normalized spacial score (nSPS) is 17.9. The number of rotatable bonds is 6. The second kappa shape index (κ2) is 9.62. The van der Waals surface area contributed by atoms with Crippen molar-refractivity contribution in [3.63, 3.8) is 0 Å². The third kappa shape index (κ3) is 4.39. The summed E-state index contributed by atoms with van der Waals surface area (Å²) in [5.74, 6) is 1.34. The molecule has 2 aromatic carbocycles. The van der Waals surface area contributed by atoms with Crippen molar-refractivity contribution in [2.75, 3.05) is 38.2 Å². The first-order chi connectivity index (χ1) is 18.4. The van der Waals surface area contributed by atoms with E-state index in [-0.39, 0.29) is 6.61 Å². The quantitative estimate of drug-likeness (QED) is 0.257. The Morgan fingerprint density at radius 2 is 2.00 bits per heavy atom. The minimum absolute atomic E-state index is 0.0211. The topological polar surface area (TPSA) is 86.1 Å². The zero-order chi connectivity index (χ0) is 26.4. The number of likely N-dealkylation sites (N-methyl/N-ethyl adjacent to an activating group) is 1. The van der Waals surface area contributed by atoms with E-state index in [9.17, 15) is 5.11 Å². The zero-order valence-electron chi connectivity index (χ0n) is 21.6. The average Bonchev–Trinajstić information content (AvgIpc) is 3.68. The Kier molecular flexibility index (Phi) is 6.26. The monoisotopic (exact) mass is 525 g/mol. The van der Waals surface area contributed by atoms with Gasteiger partial charge in [-0.2, -0.15) is 17.9 Å². The van der Waals surface area contributed by atoms with Crippen molar-refractivity contribution in [1.82, 2.24) is 24.2 Å². The van der Waals surface area contributed by atoms with Gasteiger partial charge in [0.2, 0.25) is 0 Å². The molecule has 2 aliphatic heterocycles. The number of aliphatic hydroxyl groups excluding tert-OH is 1. The van der Waals surface area contributed by atoms with Gasteiger partial charge in [-0.15, -0.1) is 10.2 Å². The highest BCUT2D eigenvalue weighted by Crippen LogP contribution is 2.36. The lowest BCUT2D eigenvalue weighted by Gasteiger charge is -2.34. The number of benzene rings is 2. The molecule has 2 atom stereocenters. The molecule has 0 bridgehead atoms. The first-order valence-corrected chi connectivity index (χ1v) is 13.3. The van der Waals surface area contributed by atoms with Crippen molar-refractivity contribution >= 4 is 18.3 Å². The van der Waals surface area contributed by atoms with Crippen molar-refractivity contribution in [3.8, 4) is 34.4 Å². The molecule has 1 saturated heterocycles. The number of aromatic nitrogens is 4. The largest absolute Gasteiger partial charge is 0.394 e. The summed E-state index contributed by atoms with van der Waals surface area (Å²) in [5.41, 5.74) is 7.36. The van der Waals surface area contributed by atoms with Crippen LogP contribution in [-0.4, -0.2) is 67.5 Å². The molecular weight excluding hydrogens is 494 g/mol. The van der Waals surface area contributed by atoms with Crippen LogP contribution in [-0.2, 0) is 6.54 Å². The number of nitrogens with zero attached hydrogens (tertiary/aromatic N) is 7. The van der Waals surface area contributed by atoms with E-state index in [4.69, 9.17) is 5.26 Å². The summed E-state index contributed by atoms with van der Waals surface area (Å²) in [4.78, 5) is 4.09. The number of hydrogen-bond acceptors (Lipinski definition) is 7. The van der Waals surface area contributed by atoms with E-state index in [0.29, 0.717) is 11.5 Å². The predicted octanol–water partition coefficient (Wildman–Crippen LogP) is 4.03. The van der Waals surface area contributed by atoms with Gasteiger partial charge in [-0.05, 0) is 73.8 Å². The number of aliphatic hydroxyl groups is 1. The number of hydrogen-bond donors (Lipinski definition) is 2. The smallest absolute Gasteiger partial charge is 0.185 e. The average molecular weight is 526 g/mol. The van der Waals surface area contributed by atoms with Crippen LogP contribution in [0.5, 0.6) is 0 Å². The fourth-order valence-corrected chi connectivity index (χ4v) is 5.63. The number of nitriles is 1. The minimum Gasteiger partial charge on any atom is -0.394 e. The molecule has 1 N–H and O–H groups in total. The molecule has 2 aromatic heterocycles. The van der Waals surface area contributed by atoms with Gasteiger partial charge in [0.25, 0.3) is 0 Å². The van der Waals surface area contributed by atoms with Crippen molar-refractivity contribution in [3.05, 3.63) is 72.2 Å². The maximum atomic E-state index is 9.66. The van der Waals surface area contributed by atoms with Crippen LogP contribution in [0.15, 0.2) is 61.1 Å². The molecule has 0 aliphatic carbocycles. The van der Waals surface area contributed by atoms with Gasteiger partial charge in [0.1, 0.15) is 6.33 Å².